The smallest absolute Gasteiger partial charge is 0.0672 e. The molecule has 2 rings (SSSR count). The van der Waals surface area contributed by atoms with Gasteiger partial charge in [0.25, 0.3) is 0 Å². The Balaban J connectivity index is 2.08. The highest BCUT2D eigenvalue weighted by Gasteiger charge is 2.34. The molecular weight excluding hydrogens is 264 g/mol. The summed E-state index contributed by atoms with van der Waals surface area (Å²) in [7, 11) is 2.20. The lowest BCUT2D eigenvalue weighted by atomic mass is 9.76. The van der Waals surface area contributed by atoms with E-state index in [1.807, 2.05) is 11.3 Å². The third-order valence-corrected chi connectivity index (χ3v) is 5.92. The van der Waals surface area contributed by atoms with E-state index in [2.05, 4.69) is 49.4 Å². The highest BCUT2D eigenvalue weighted by atomic mass is 32.1. The Hall–Kier alpha value is -0.850. The average Bonchev–Trinajstić information content (AvgIpc) is 3.00. The summed E-state index contributed by atoms with van der Waals surface area (Å²) in [6.45, 7) is 4.53. The fraction of sp³-hybridized carbons (Fsp3) is 0.706. The number of thiophene rings is 1. The molecule has 110 valence electrons. The Bertz CT molecular complexity index is 434. The first-order valence-electron chi connectivity index (χ1n) is 7.82. The first kappa shape index (κ1) is 15.5. The van der Waals surface area contributed by atoms with Crippen LogP contribution >= 0.6 is 11.3 Å². The molecule has 1 aliphatic carbocycles. The number of nitriles is 1. The van der Waals surface area contributed by atoms with Gasteiger partial charge < -0.3 is 0 Å². The van der Waals surface area contributed by atoms with Crippen LogP contribution in [0.5, 0.6) is 0 Å². The third kappa shape index (κ3) is 3.42. The Labute approximate surface area is 127 Å². The average molecular weight is 290 g/mol. The Morgan fingerprint density at radius 2 is 2.30 bits per heavy atom. The normalized spacial score (nSPS) is 28.2. The largest absolute Gasteiger partial charge is 0.295 e. The van der Waals surface area contributed by atoms with Gasteiger partial charge in [-0.05, 0) is 50.6 Å². The van der Waals surface area contributed by atoms with Crippen molar-refractivity contribution in [2.75, 3.05) is 7.05 Å². The molecule has 1 aromatic rings. The molecule has 0 bridgehead atoms. The van der Waals surface area contributed by atoms with Crippen molar-refractivity contribution in [3.8, 4) is 6.07 Å². The topological polar surface area (TPSA) is 27.0 Å². The second kappa shape index (κ2) is 7.24. The van der Waals surface area contributed by atoms with Crippen molar-refractivity contribution in [2.45, 2.75) is 58.0 Å². The second-order valence-corrected chi connectivity index (χ2v) is 7.11. The lowest BCUT2D eigenvalue weighted by molar-refractivity contribution is 0.0917. The quantitative estimate of drug-likeness (QED) is 0.775. The molecule has 0 aromatic carbocycles. The van der Waals surface area contributed by atoms with Gasteiger partial charge in [0.2, 0.25) is 0 Å². The summed E-state index contributed by atoms with van der Waals surface area (Å²) in [4.78, 5) is 3.85. The van der Waals surface area contributed by atoms with Crippen LogP contribution in [-0.4, -0.2) is 18.0 Å². The fourth-order valence-corrected chi connectivity index (χ4v) is 4.35. The van der Waals surface area contributed by atoms with Crippen LogP contribution in [0.1, 0.15) is 56.9 Å². The highest BCUT2D eigenvalue weighted by molar-refractivity contribution is 7.10. The van der Waals surface area contributed by atoms with Crippen molar-refractivity contribution < 1.29 is 0 Å². The minimum atomic E-state index is 0.204. The van der Waals surface area contributed by atoms with Crippen LogP contribution in [0.4, 0.5) is 0 Å². The van der Waals surface area contributed by atoms with Gasteiger partial charge in [-0.15, -0.1) is 11.3 Å². The van der Waals surface area contributed by atoms with Crippen molar-refractivity contribution in [1.82, 2.24) is 4.90 Å². The molecule has 1 saturated carbocycles. The van der Waals surface area contributed by atoms with Crippen LogP contribution in [-0.2, 0) is 0 Å². The lowest BCUT2D eigenvalue weighted by Gasteiger charge is -2.41. The molecule has 3 heteroatoms. The summed E-state index contributed by atoms with van der Waals surface area (Å²) < 4.78 is 0. The van der Waals surface area contributed by atoms with Crippen molar-refractivity contribution in [3.63, 3.8) is 0 Å². The van der Waals surface area contributed by atoms with Crippen LogP contribution in [0.15, 0.2) is 17.5 Å². The van der Waals surface area contributed by atoms with Crippen molar-refractivity contribution >= 4 is 11.3 Å². The summed E-state index contributed by atoms with van der Waals surface area (Å²) in [5.41, 5.74) is 0. The monoisotopic (exact) mass is 290 g/mol. The zero-order valence-corrected chi connectivity index (χ0v) is 13.7. The molecule has 1 heterocycles. The molecule has 0 aliphatic heterocycles. The molecule has 20 heavy (non-hydrogen) atoms. The van der Waals surface area contributed by atoms with Crippen molar-refractivity contribution in [3.05, 3.63) is 22.4 Å². The van der Waals surface area contributed by atoms with E-state index in [-0.39, 0.29) is 5.92 Å². The summed E-state index contributed by atoms with van der Waals surface area (Å²) >= 11 is 1.82. The van der Waals surface area contributed by atoms with Crippen LogP contribution in [0.25, 0.3) is 0 Å². The molecule has 1 aromatic heterocycles. The number of rotatable bonds is 5. The van der Waals surface area contributed by atoms with E-state index in [1.165, 1.54) is 30.6 Å². The van der Waals surface area contributed by atoms with Gasteiger partial charge in [0.05, 0.1) is 12.0 Å². The summed E-state index contributed by atoms with van der Waals surface area (Å²) in [5.74, 6) is 1.02. The van der Waals surface area contributed by atoms with Crippen molar-refractivity contribution in [2.24, 2.45) is 11.8 Å². The first-order valence-corrected chi connectivity index (χ1v) is 8.70. The van der Waals surface area contributed by atoms with E-state index < -0.39 is 0 Å². The Kier molecular flexibility index (Phi) is 5.63. The maximum atomic E-state index is 9.46. The zero-order valence-electron chi connectivity index (χ0n) is 12.9. The van der Waals surface area contributed by atoms with Gasteiger partial charge in [-0.2, -0.15) is 5.26 Å². The van der Waals surface area contributed by atoms with Gasteiger partial charge in [-0.25, -0.2) is 0 Å². The molecule has 1 aliphatic rings. The summed E-state index contributed by atoms with van der Waals surface area (Å²) in [6, 6.07) is 7.72. The van der Waals surface area contributed by atoms with E-state index in [1.54, 1.807) is 0 Å². The van der Waals surface area contributed by atoms with Gasteiger partial charge >= 0.3 is 0 Å². The first-order chi connectivity index (χ1) is 9.67. The molecule has 1 fully saturated rings. The van der Waals surface area contributed by atoms with E-state index in [9.17, 15) is 5.26 Å². The molecule has 0 radical (unpaired) electrons. The third-order valence-electron chi connectivity index (χ3n) is 4.88. The minimum absolute atomic E-state index is 0.204. The summed E-state index contributed by atoms with van der Waals surface area (Å²) in [6.07, 6.45) is 6.09. The molecule has 0 amide bonds. The maximum Gasteiger partial charge on any atom is 0.0672 e. The summed E-state index contributed by atoms with van der Waals surface area (Å²) in [5, 5.41) is 11.6. The van der Waals surface area contributed by atoms with Gasteiger partial charge in [0, 0.05) is 17.0 Å². The fourth-order valence-electron chi connectivity index (χ4n) is 3.52. The van der Waals surface area contributed by atoms with Crippen LogP contribution in [0, 0.1) is 23.2 Å². The molecule has 0 spiro atoms. The van der Waals surface area contributed by atoms with Crippen LogP contribution in [0.2, 0.25) is 0 Å². The predicted molar refractivity (Wildman–Crippen MR) is 85.6 cm³/mol. The SMILES string of the molecule is CCCC1CCC(C#N)C(N(C)C(C)c2cccs2)C1. The van der Waals surface area contributed by atoms with E-state index in [0.29, 0.717) is 12.1 Å². The standard InChI is InChI=1S/C17H26N2S/c1-4-6-14-8-9-15(12-18)16(11-14)19(3)13(2)17-7-5-10-20-17/h5,7,10,13-16H,4,6,8-9,11H2,1-3H3. The predicted octanol–water partition coefficient (Wildman–Crippen LogP) is 4.85. The van der Waals surface area contributed by atoms with Gasteiger partial charge in [-0.3, -0.25) is 4.90 Å². The maximum absolute atomic E-state index is 9.46. The zero-order chi connectivity index (χ0) is 14.5. The van der Waals surface area contributed by atoms with Gasteiger partial charge in [0.1, 0.15) is 0 Å². The van der Waals surface area contributed by atoms with Gasteiger partial charge in [0.15, 0.2) is 0 Å². The van der Waals surface area contributed by atoms with E-state index >= 15 is 0 Å². The molecule has 4 atom stereocenters. The second-order valence-electron chi connectivity index (χ2n) is 6.13. The Morgan fingerprint density at radius 1 is 1.50 bits per heavy atom. The number of hydrogen-bond donors (Lipinski definition) is 0. The minimum Gasteiger partial charge on any atom is -0.295 e. The molecule has 2 nitrogen and oxygen atoms in total. The van der Waals surface area contributed by atoms with E-state index in [0.717, 1.165) is 12.3 Å². The van der Waals surface area contributed by atoms with Gasteiger partial charge in [-0.1, -0.05) is 25.8 Å². The molecule has 0 saturated heterocycles. The molecule has 0 N–H and O–H groups in total. The Morgan fingerprint density at radius 3 is 2.90 bits per heavy atom. The van der Waals surface area contributed by atoms with E-state index in [4.69, 9.17) is 0 Å². The molecule has 4 unspecified atom stereocenters. The van der Waals surface area contributed by atoms with Crippen LogP contribution in [0.3, 0.4) is 0 Å². The van der Waals surface area contributed by atoms with Crippen LogP contribution < -0.4 is 0 Å². The lowest BCUT2D eigenvalue weighted by Crippen LogP contribution is -2.43. The van der Waals surface area contributed by atoms with Crippen molar-refractivity contribution in [1.29, 1.82) is 5.26 Å². The molecular formula is C17H26N2S. The number of nitrogens with zero attached hydrogens (tertiary/aromatic N) is 2. The highest BCUT2D eigenvalue weighted by Crippen LogP contribution is 2.37. The number of hydrogen-bond acceptors (Lipinski definition) is 3.